The second kappa shape index (κ2) is 11.6. The van der Waals surface area contributed by atoms with Gasteiger partial charge in [0.2, 0.25) is 10.0 Å². The minimum atomic E-state index is -4.76. The van der Waals surface area contributed by atoms with Gasteiger partial charge in [-0.25, -0.2) is 8.42 Å². The van der Waals surface area contributed by atoms with Crippen molar-refractivity contribution in [1.29, 1.82) is 0 Å². The predicted molar refractivity (Wildman–Crippen MR) is 135 cm³/mol. The lowest BCUT2D eigenvalue weighted by atomic mass is 10.1. The number of rotatable bonds is 10. The molecule has 3 rings (SSSR count). The Balaban J connectivity index is 2.14. The zero-order chi connectivity index (χ0) is 27.4. The Morgan fingerprint density at radius 2 is 1.24 bits per heavy atom. The van der Waals surface area contributed by atoms with Crippen molar-refractivity contribution in [2.75, 3.05) is 28.4 Å². The van der Waals surface area contributed by atoms with Crippen molar-refractivity contribution in [2.24, 2.45) is 0 Å². The van der Waals surface area contributed by atoms with Gasteiger partial charge in [0.25, 0.3) is 0 Å². The number of nitrogens with zero attached hydrogens (tertiary/aromatic N) is 1. The molecule has 0 unspecified atom stereocenters. The van der Waals surface area contributed by atoms with Gasteiger partial charge in [0.05, 0.1) is 38.9 Å². The number of benzene rings is 3. The van der Waals surface area contributed by atoms with Crippen LogP contribution in [-0.2, 0) is 29.3 Å². The van der Waals surface area contributed by atoms with Gasteiger partial charge in [-0.1, -0.05) is 28.1 Å². The van der Waals surface area contributed by atoms with Gasteiger partial charge in [0.1, 0.15) is 23.0 Å². The van der Waals surface area contributed by atoms with E-state index in [0.717, 1.165) is 16.4 Å². The third kappa shape index (κ3) is 6.49. The summed E-state index contributed by atoms with van der Waals surface area (Å²) in [6.07, 6.45) is -4.76. The molecule has 3 aromatic carbocycles. The Labute approximate surface area is 221 Å². The first-order chi connectivity index (χ1) is 17.4. The van der Waals surface area contributed by atoms with E-state index in [0.29, 0.717) is 40.2 Å². The molecule has 3 aromatic rings. The summed E-state index contributed by atoms with van der Waals surface area (Å²) >= 11 is 2.86. The Hall–Kier alpha value is -2.96. The van der Waals surface area contributed by atoms with Gasteiger partial charge >= 0.3 is 6.18 Å². The van der Waals surface area contributed by atoms with E-state index in [2.05, 4.69) is 15.9 Å². The molecule has 0 radical (unpaired) electrons. The summed E-state index contributed by atoms with van der Waals surface area (Å²) in [5, 5.41) is 0. The molecule has 0 spiro atoms. The Kier molecular flexibility index (Phi) is 8.98. The van der Waals surface area contributed by atoms with Crippen LogP contribution in [0.2, 0.25) is 0 Å². The van der Waals surface area contributed by atoms with Crippen molar-refractivity contribution in [2.45, 2.75) is 24.2 Å². The van der Waals surface area contributed by atoms with Crippen molar-refractivity contribution < 1.29 is 40.5 Å². The van der Waals surface area contributed by atoms with Crippen LogP contribution in [0.1, 0.15) is 16.7 Å². The molecule has 12 heteroatoms. The van der Waals surface area contributed by atoms with E-state index in [-0.39, 0.29) is 17.6 Å². The maximum Gasteiger partial charge on any atom is 0.417 e. The molecule has 0 atom stereocenters. The topological polar surface area (TPSA) is 74.3 Å². The predicted octanol–water partition coefficient (Wildman–Crippen LogP) is 5.89. The number of alkyl halides is 3. The first-order valence-electron chi connectivity index (χ1n) is 10.7. The number of ether oxygens (including phenoxy) is 4. The van der Waals surface area contributed by atoms with Crippen LogP contribution in [0, 0.1) is 0 Å². The van der Waals surface area contributed by atoms with Crippen molar-refractivity contribution in [1.82, 2.24) is 4.31 Å². The summed E-state index contributed by atoms with van der Waals surface area (Å²) in [6.45, 7) is -0.413. The minimum absolute atomic E-state index is 0.206. The fraction of sp³-hybridized carbons (Fsp3) is 0.280. The molecule has 0 fully saturated rings. The molecule has 37 heavy (non-hydrogen) atoms. The Morgan fingerprint density at radius 3 is 1.65 bits per heavy atom. The number of halogens is 4. The maximum absolute atomic E-state index is 13.8. The van der Waals surface area contributed by atoms with Crippen LogP contribution in [0.4, 0.5) is 13.2 Å². The van der Waals surface area contributed by atoms with Crippen LogP contribution in [0.15, 0.2) is 64.0 Å². The third-order valence-corrected chi connectivity index (χ3v) is 8.04. The van der Waals surface area contributed by atoms with Crippen molar-refractivity contribution in [3.05, 3.63) is 75.8 Å². The van der Waals surface area contributed by atoms with Gasteiger partial charge in [-0.15, -0.1) is 0 Å². The standard InChI is InChI=1S/C25H25BrF3NO6S/c1-33-18-7-5-16(23(11-18)35-3)14-30(15-17-6-8-19(34-2)12-24(17)36-4)37(31,32)20-9-10-22(26)21(13-20)25(27,28)29/h5-13H,14-15H2,1-4H3. The van der Waals surface area contributed by atoms with Crippen LogP contribution in [0.3, 0.4) is 0 Å². The lowest BCUT2D eigenvalue weighted by molar-refractivity contribution is -0.138. The van der Waals surface area contributed by atoms with E-state index in [1.54, 1.807) is 36.4 Å². The molecule has 0 bridgehead atoms. The largest absolute Gasteiger partial charge is 0.497 e. The number of hydrogen-bond donors (Lipinski definition) is 0. The minimum Gasteiger partial charge on any atom is -0.497 e. The monoisotopic (exact) mass is 603 g/mol. The summed E-state index contributed by atoms with van der Waals surface area (Å²) in [4.78, 5) is -0.511. The summed E-state index contributed by atoms with van der Waals surface area (Å²) in [5.74, 6) is 1.70. The molecular weight excluding hydrogens is 579 g/mol. The fourth-order valence-electron chi connectivity index (χ4n) is 3.60. The van der Waals surface area contributed by atoms with Gasteiger partial charge < -0.3 is 18.9 Å². The van der Waals surface area contributed by atoms with Crippen molar-refractivity contribution in [3.63, 3.8) is 0 Å². The molecule has 0 aliphatic rings. The molecule has 0 aliphatic carbocycles. The van der Waals surface area contributed by atoms with E-state index < -0.39 is 26.7 Å². The Bertz CT molecular complexity index is 1310. The fourth-order valence-corrected chi connectivity index (χ4v) is 5.50. The summed E-state index contributed by atoms with van der Waals surface area (Å²) in [7, 11) is 1.37. The van der Waals surface area contributed by atoms with Crippen molar-refractivity contribution in [3.8, 4) is 23.0 Å². The molecule has 0 N–H and O–H groups in total. The average Bonchev–Trinajstić information content (AvgIpc) is 2.87. The summed E-state index contributed by atoms with van der Waals surface area (Å²) in [5.41, 5.74) is -0.141. The van der Waals surface area contributed by atoms with E-state index in [1.807, 2.05) is 0 Å². The number of hydrogen-bond acceptors (Lipinski definition) is 6. The molecule has 0 aromatic heterocycles. The van der Waals surface area contributed by atoms with Crippen LogP contribution >= 0.6 is 15.9 Å². The normalized spacial score (nSPS) is 11.9. The second-order valence-electron chi connectivity index (χ2n) is 7.77. The Morgan fingerprint density at radius 1 is 0.757 bits per heavy atom. The van der Waals surface area contributed by atoms with Gasteiger partial charge in [-0.2, -0.15) is 17.5 Å². The smallest absolute Gasteiger partial charge is 0.417 e. The van der Waals surface area contributed by atoms with Crippen LogP contribution in [-0.4, -0.2) is 41.2 Å². The first-order valence-corrected chi connectivity index (χ1v) is 13.0. The van der Waals surface area contributed by atoms with Crippen LogP contribution in [0.5, 0.6) is 23.0 Å². The van der Waals surface area contributed by atoms with Gasteiger partial charge in [0, 0.05) is 40.8 Å². The number of sulfonamides is 1. The van der Waals surface area contributed by atoms with E-state index in [9.17, 15) is 21.6 Å². The second-order valence-corrected chi connectivity index (χ2v) is 10.6. The quantitative estimate of drug-likeness (QED) is 0.287. The summed E-state index contributed by atoms with van der Waals surface area (Å²) in [6, 6.07) is 12.5. The number of methoxy groups -OCH3 is 4. The molecule has 200 valence electrons. The highest BCUT2D eigenvalue weighted by molar-refractivity contribution is 9.10. The highest BCUT2D eigenvalue weighted by Gasteiger charge is 2.36. The first kappa shape index (κ1) is 28.6. The highest BCUT2D eigenvalue weighted by atomic mass is 79.9. The lowest BCUT2D eigenvalue weighted by Gasteiger charge is -2.25. The molecule has 0 aliphatic heterocycles. The molecule has 7 nitrogen and oxygen atoms in total. The molecule has 0 heterocycles. The van der Waals surface area contributed by atoms with Gasteiger partial charge in [-0.3, -0.25) is 0 Å². The molecule has 0 amide bonds. The van der Waals surface area contributed by atoms with Crippen LogP contribution in [0.25, 0.3) is 0 Å². The van der Waals surface area contributed by atoms with Gasteiger partial charge in [-0.05, 0) is 30.3 Å². The maximum atomic E-state index is 13.8. The van der Waals surface area contributed by atoms with Crippen molar-refractivity contribution >= 4 is 26.0 Å². The zero-order valence-corrected chi connectivity index (χ0v) is 22.8. The van der Waals surface area contributed by atoms with E-state index in [4.69, 9.17) is 18.9 Å². The zero-order valence-electron chi connectivity index (χ0n) is 20.4. The van der Waals surface area contributed by atoms with Crippen LogP contribution < -0.4 is 18.9 Å². The average molecular weight is 604 g/mol. The lowest BCUT2D eigenvalue weighted by Crippen LogP contribution is -2.31. The van der Waals surface area contributed by atoms with E-state index >= 15 is 0 Å². The highest BCUT2D eigenvalue weighted by Crippen LogP contribution is 2.38. The summed E-state index contributed by atoms with van der Waals surface area (Å²) < 4.78 is 90.3. The SMILES string of the molecule is COc1ccc(CN(Cc2ccc(OC)cc2OC)S(=O)(=O)c2ccc(Br)c(C(F)(F)F)c2)c(OC)c1. The molecule has 0 saturated carbocycles. The van der Waals surface area contributed by atoms with Gasteiger partial charge in [0.15, 0.2) is 0 Å². The molecular formula is C25H25BrF3NO6S. The van der Waals surface area contributed by atoms with E-state index in [1.165, 1.54) is 28.4 Å². The molecule has 0 saturated heterocycles. The third-order valence-electron chi connectivity index (χ3n) is 5.56.